The molecule has 94 valence electrons. The van der Waals surface area contributed by atoms with E-state index in [2.05, 4.69) is 4.98 Å². The van der Waals surface area contributed by atoms with Gasteiger partial charge < -0.3 is 9.84 Å². The Morgan fingerprint density at radius 1 is 1.17 bits per heavy atom. The Morgan fingerprint density at radius 2 is 1.83 bits per heavy atom. The number of ether oxygens (including phenoxy) is 1. The number of methoxy groups -OCH3 is 1. The topological polar surface area (TPSA) is 42.4 Å². The monoisotopic (exact) mass is 243 g/mol. The average Bonchev–Trinajstić information content (AvgIpc) is 2.39. The van der Waals surface area contributed by atoms with E-state index < -0.39 is 5.60 Å². The molecule has 1 aromatic carbocycles. The predicted octanol–water partition coefficient (Wildman–Crippen LogP) is 2.65. The Kier molecular flexibility index (Phi) is 3.34. The molecule has 0 aliphatic rings. The Morgan fingerprint density at radius 3 is 2.39 bits per heavy atom. The average molecular weight is 243 g/mol. The summed E-state index contributed by atoms with van der Waals surface area (Å²) in [4.78, 5) is 4.09. The number of rotatable bonds is 3. The van der Waals surface area contributed by atoms with E-state index in [4.69, 9.17) is 4.74 Å². The summed E-state index contributed by atoms with van der Waals surface area (Å²) in [5.74, 6) is 0.775. The lowest BCUT2D eigenvalue weighted by molar-refractivity contribution is 0.101. The molecule has 0 radical (unpaired) electrons. The first-order valence-electron chi connectivity index (χ1n) is 5.83. The molecular weight excluding hydrogens is 226 g/mol. The van der Waals surface area contributed by atoms with Gasteiger partial charge in [-0.15, -0.1) is 0 Å². The highest BCUT2D eigenvalue weighted by Crippen LogP contribution is 2.31. The number of aliphatic hydroxyl groups is 1. The van der Waals surface area contributed by atoms with Gasteiger partial charge in [-0.1, -0.05) is 12.1 Å². The van der Waals surface area contributed by atoms with E-state index in [0.29, 0.717) is 0 Å². The summed E-state index contributed by atoms with van der Waals surface area (Å²) in [6.07, 6.45) is 3.43. The molecule has 1 heterocycles. The number of hydrogen-bond donors (Lipinski definition) is 1. The second-order valence-corrected chi connectivity index (χ2v) is 4.49. The van der Waals surface area contributed by atoms with Gasteiger partial charge in [0, 0.05) is 18.0 Å². The highest BCUT2D eigenvalue weighted by molar-refractivity contribution is 5.40. The lowest BCUT2D eigenvalue weighted by Gasteiger charge is -2.26. The summed E-state index contributed by atoms with van der Waals surface area (Å²) in [6, 6.07) is 9.31. The van der Waals surface area contributed by atoms with Crippen molar-refractivity contribution in [1.29, 1.82) is 0 Å². The van der Waals surface area contributed by atoms with Gasteiger partial charge in [0.25, 0.3) is 0 Å². The molecule has 0 saturated carbocycles. The third-order valence-corrected chi connectivity index (χ3v) is 3.22. The van der Waals surface area contributed by atoms with Gasteiger partial charge >= 0.3 is 0 Å². The van der Waals surface area contributed by atoms with Crippen LogP contribution in [0.15, 0.2) is 42.7 Å². The van der Waals surface area contributed by atoms with Crippen molar-refractivity contribution < 1.29 is 9.84 Å². The van der Waals surface area contributed by atoms with Crippen LogP contribution in [0, 0.1) is 6.92 Å². The molecular formula is C15H17NO2. The fourth-order valence-electron chi connectivity index (χ4n) is 2.04. The molecule has 1 aromatic heterocycles. The van der Waals surface area contributed by atoms with Crippen molar-refractivity contribution in [3.63, 3.8) is 0 Å². The summed E-state index contributed by atoms with van der Waals surface area (Å²) in [5.41, 5.74) is 1.60. The quantitative estimate of drug-likeness (QED) is 0.901. The molecule has 1 N–H and O–H groups in total. The van der Waals surface area contributed by atoms with Gasteiger partial charge in [0.1, 0.15) is 11.4 Å². The van der Waals surface area contributed by atoms with Crippen LogP contribution < -0.4 is 4.74 Å². The fraction of sp³-hybridized carbons (Fsp3) is 0.267. The maximum absolute atomic E-state index is 10.7. The van der Waals surface area contributed by atoms with Crippen molar-refractivity contribution >= 4 is 0 Å². The number of benzene rings is 1. The molecule has 0 bridgehead atoms. The van der Waals surface area contributed by atoms with Crippen molar-refractivity contribution in [3.05, 3.63) is 59.4 Å². The van der Waals surface area contributed by atoms with Gasteiger partial charge in [0.2, 0.25) is 0 Å². The first-order valence-corrected chi connectivity index (χ1v) is 5.83. The first-order chi connectivity index (χ1) is 8.55. The summed E-state index contributed by atoms with van der Waals surface area (Å²) >= 11 is 0. The molecule has 1 atom stereocenters. The molecule has 0 spiro atoms. The van der Waals surface area contributed by atoms with Crippen LogP contribution in [0.4, 0.5) is 0 Å². The Hall–Kier alpha value is -1.87. The van der Waals surface area contributed by atoms with Crippen LogP contribution in [-0.2, 0) is 5.60 Å². The van der Waals surface area contributed by atoms with Gasteiger partial charge in [0.15, 0.2) is 0 Å². The van der Waals surface area contributed by atoms with Gasteiger partial charge in [-0.2, -0.15) is 0 Å². The fourth-order valence-corrected chi connectivity index (χ4v) is 2.04. The predicted molar refractivity (Wildman–Crippen MR) is 70.6 cm³/mol. The van der Waals surface area contributed by atoms with Crippen LogP contribution in [0.2, 0.25) is 0 Å². The van der Waals surface area contributed by atoms with E-state index in [0.717, 1.165) is 22.4 Å². The lowest BCUT2D eigenvalue weighted by Crippen LogP contribution is -2.24. The number of aryl methyl sites for hydroxylation is 1. The van der Waals surface area contributed by atoms with E-state index in [1.807, 2.05) is 37.3 Å². The van der Waals surface area contributed by atoms with Gasteiger partial charge in [-0.3, -0.25) is 4.98 Å². The standard InChI is InChI=1S/C15H17NO2/c1-11-8-9-16-10-14(11)15(2,17)12-4-6-13(18-3)7-5-12/h4-10,17H,1-3H3. The first kappa shape index (κ1) is 12.6. The van der Waals surface area contributed by atoms with Crippen molar-refractivity contribution in [2.45, 2.75) is 19.4 Å². The Bertz CT molecular complexity index is 532. The van der Waals surface area contributed by atoms with Gasteiger partial charge in [0.05, 0.1) is 7.11 Å². The molecule has 0 fully saturated rings. The van der Waals surface area contributed by atoms with Crippen LogP contribution in [0.5, 0.6) is 5.75 Å². The normalized spacial score (nSPS) is 14.0. The third kappa shape index (κ3) is 2.22. The molecule has 0 aliphatic carbocycles. The minimum absolute atomic E-state index is 0.775. The second kappa shape index (κ2) is 4.78. The smallest absolute Gasteiger partial charge is 0.118 e. The van der Waals surface area contributed by atoms with E-state index in [-0.39, 0.29) is 0 Å². The number of nitrogens with zero attached hydrogens (tertiary/aromatic N) is 1. The third-order valence-electron chi connectivity index (χ3n) is 3.22. The number of hydrogen-bond acceptors (Lipinski definition) is 3. The molecule has 2 rings (SSSR count). The van der Waals surface area contributed by atoms with Crippen LogP contribution in [0.1, 0.15) is 23.6 Å². The zero-order valence-electron chi connectivity index (χ0n) is 10.8. The molecule has 2 aromatic rings. The minimum Gasteiger partial charge on any atom is -0.497 e. The van der Waals surface area contributed by atoms with Crippen molar-refractivity contribution in [3.8, 4) is 5.75 Å². The van der Waals surface area contributed by atoms with E-state index in [1.54, 1.807) is 26.4 Å². The highest BCUT2D eigenvalue weighted by atomic mass is 16.5. The number of aromatic nitrogens is 1. The maximum atomic E-state index is 10.7. The molecule has 3 nitrogen and oxygen atoms in total. The summed E-state index contributed by atoms with van der Waals surface area (Å²) in [6.45, 7) is 3.74. The molecule has 3 heteroatoms. The Labute approximate surface area is 107 Å². The largest absolute Gasteiger partial charge is 0.497 e. The summed E-state index contributed by atoms with van der Waals surface area (Å²) in [5, 5.41) is 10.7. The zero-order chi connectivity index (χ0) is 13.2. The van der Waals surface area contributed by atoms with Crippen LogP contribution in [0.25, 0.3) is 0 Å². The van der Waals surface area contributed by atoms with Gasteiger partial charge in [-0.25, -0.2) is 0 Å². The van der Waals surface area contributed by atoms with Crippen molar-refractivity contribution in [1.82, 2.24) is 4.98 Å². The highest BCUT2D eigenvalue weighted by Gasteiger charge is 2.27. The van der Waals surface area contributed by atoms with Crippen LogP contribution in [0.3, 0.4) is 0 Å². The zero-order valence-corrected chi connectivity index (χ0v) is 10.8. The molecule has 18 heavy (non-hydrogen) atoms. The van der Waals surface area contributed by atoms with Gasteiger partial charge in [-0.05, 0) is 43.2 Å². The van der Waals surface area contributed by atoms with E-state index in [1.165, 1.54) is 0 Å². The number of pyridine rings is 1. The molecule has 0 aliphatic heterocycles. The molecule has 0 amide bonds. The Balaban J connectivity index is 2.44. The minimum atomic E-state index is -1.05. The summed E-state index contributed by atoms with van der Waals surface area (Å²) in [7, 11) is 1.62. The second-order valence-electron chi connectivity index (χ2n) is 4.49. The summed E-state index contributed by atoms with van der Waals surface area (Å²) < 4.78 is 5.12. The lowest BCUT2D eigenvalue weighted by atomic mass is 9.87. The van der Waals surface area contributed by atoms with E-state index in [9.17, 15) is 5.11 Å². The van der Waals surface area contributed by atoms with Crippen LogP contribution in [-0.4, -0.2) is 17.2 Å². The van der Waals surface area contributed by atoms with Crippen molar-refractivity contribution in [2.75, 3.05) is 7.11 Å². The van der Waals surface area contributed by atoms with E-state index >= 15 is 0 Å². The van der Waals surface area contributed by atoms with Crippen molar-refractivity contribution in [2.24, 2.45) is 0 Å². The SMILES string of the molecule is COc1ccc(C(C)(O)c2cnccc2C)cc1. The maximum Gasteiger partial charge on any atom is 0.118 e. The molecule has 0 saturated heterocycles. The van der Waals surface area contributed by atoms with Crippen LogP contribution >= 0.6 is 0 Å². The molecule has 1 unspecified atom stereocenters.